The summed E-state index contributed by atoms with van der Waals surface area (Å²) in [6.07, 6.45) is 8.25. The Morgan fingerprint density at radius 1 is 1.30 bits per heavy atom. The van der Waals surface area contributed by atoms with Crippen LogP contribution in [0.2, 0.25) is 0 Å². The van der Waals surface area contributed by atoms with Crippen LogP contribution in [0.1, 0.15) is 73.1 Å². The number of aliphatic hydroxyl groups is 1. The Balaban J connectivity index is 4.48. The average molecular weight is 282 g/mol. The highest BCUT2D eigenvalue weighted by Crippen LogP contribution is 2.22. The van der Waals surface area contributed by atoms with E-state index in [0.29, 0.717) is 6.54 Å². The fraction of sp³-hybridized carbons (Fsp3) is 0.824. The maximum Gasteiger partial charge on any atom is 0.0837 e. The highest BCUT2D eigenvalue weighted by atomic mass is 16.3. The first kappa shape index (κ1) is 19.2. The fourth-order valence-corrected chi connectivity index (χ4v) is 2.28. The Morgan fingerprint density at radius 3 is 2.30 bits per heavy atom. The van der Waals surface area contributed by atoms with Crippen molar-refractivity contribution >= 4 is 6.72 Å². The van der Waals surface area contributed by atoms with Crippen LogP contribution in [0.3, 0.4) is 0 Å². The minimum Gasteiger partial charge on any atom is -0.388 e. The van der Waals surface area contributed by atoms with E-state index < -0.39 is 5.60 Å². The molecule has 0 aliphatic rings. The van der Waals surface area contributed by atoms with Crippen molar-refractivity contribution in [2.75, 3.05) is 6.54 Å². The van der Waals surface area contributed by atoms with Gasteiger partial charge in [0.25, 0.3) is 0 Å². The summed E-state index contributed by atoms with van der Waals surface area (Å²) in [5.41, 5.74) is 0.497. The summed E-state index contributed by atoms with van der Waals surface area (Å²) in [6, 6.07) is 0. The zero-order valence-corrected chi connectivity index (χ0v) is 14.2. The van der Waals surface area contributed by atoms with Crippen molar-refractivity contribution in [3.05, 3.63) is 11.8 Å². The predicted octanol–water partition coefficient (Wildman–Crippen LogP) is 4.58. The minimum absolute atomic E-state index is 0.535. The lowest BCUT2D eigenvalue weighted by atomic mass is 9.96. The van der Waals surface area contributed by atoms with Gasteiger partial charge in [0, 0.05) is 12.4 Å². The first-order valence-electron chi connectivity index (χ1n) is 8.04. The van der Waals surface area contributed by atoms with Crippen LogP contribution in [0.5, 0.6) is 0 Å². The first-order chi connectivity index (χ1) is 9.42. The van der Waals surface area contributed by atoms with Crippen LogP contribution >= 0.6 is 0 Å². The highest BCUT2D eigenvalue weighted by Gasteiger charge is 2.26. The zero-order chi connectivity index (χ0) is 15.6. The monoisotopic (exact) mass is 282 g/mol. The van der Waals surface area contributed by atoms with E-state index in [1.165, 1.54) is 25.0 Å². The van der Waals surface area contributed by atoms with Crippen LogP contribution in [-0.2, 0) is 0 Å². The van der Waals surface area contributed by atoms with Gasteiger partial charge in [0.2, 0.25) is 0 Å². The molecule has 0 aromatic carbocycles. The second kappa shape index (κ2) is 9.98. The van der Waals surface area contributed by atoms with Crippen molar-refractivity contribution in [1.82, 2.24) is 5.01 Å². The molecule has 20 heavy (non-hydrogen) atoms. The third-order valence-electron chi connectivity index (χ3n) is 4.06. The molecule has 0 saturated carbocycles. The van der Waals surface area contributed by atoms with Crippen LogP contribution in [-0.4, -0.2) is 29.0 Å². The van der Waals surface area contributed by atoms with Gasteiger partial charge in [0.15, 0.2) is 0 Å². The topological polar surface area (TPSA) is 35.8 Å². The molecule has 118 valence electrons. The molecule has 0 aliphatic carbocycles. The van der Waals surface area contributed by atoms with E-state index in [0.717, 1.165) is 25.2 Å². The molecule has 0 spiro atoms. The van der Waals surface area contributed by atoms with Crippen molar-refractivity contribution in [3.63, 3.8) is 0 Å². The lowest BCUT2D eigenvalue weighted by Gasteiger charge is -2.32. The third kappa shape index (κ3) is 7.09. The number of hydrogen-bond acceptors (Lipinski definition) is 3. The molecule has 0 unspecified atom stereocenters. The van der Waals surface area contributed by atoms with Gasteiger partial charge in [-0.1, -0.05) is 46.6 Å². The Labute approximate surface area is 125 Å². The van der Waals surface area contributed by atoms with E-state index in [4.69, 9.17) is 0 Å². The number of allylic oxidation sites excluding steroid dienone is 2. The fourth-order valence-electron chi connectivity index (χ4n) is 2.28. The molecule has 0 atom stereocenters. The van der Waals surface area contributed by atoms with Gasteiger partial charge >= 0.3 is 0 Å². The van der Waals surface area contributed by atoms with Crippen molar-refractivity contribution in [3.8, 4) is 0 Å². The lowest BCUT2D eigenvalue weighted by molar-refractivity contribution is 0.00484. The molecule has 0 aliphatic heterocycles. The molecule has 0 bridgehead atoms. The van der Waals surface area contributed by atoms with Crippen LogP contribution < -0.4 is 0 Å². The Morgan fingerprint density at radius 2 is 1.90 bits per heavy atom. The second-order valence-corrected chi connectivity index (χ2v) is 6.05. The quantitative estimate of drug-likeness (QED) is 0.342. The number of unbranched alkanes of at least 4 members (excludes halogenated alkanes) is 1. The largest absolute Gasteiger partial charge is 0.388 e. The second-order valence-electron chi connectivity index (χ2n) is 6.05. The molecule has 1 N–H and O–H groups in total. The van der Waals surface area contributed by atoms with Crippen LogP contribution in [0, 0.1) is 5.92 Å². The molecule has 0 fully saturated rings. The molecule has 3 nitrogen and oxygen atoms in total. The summed E-state index contributed by atoms with van der Waals surface area (Å²) >= 11 is 0. The van der Waals surface area contributed by atoms with Gasteiger partial charge in [-0.15, -0.1) is 0 Å². The normalized spacial score (nSPS) is 12.8. The minimum atomic E-state index is -0.673. The summed E-state index contributed by atoms with van der Waals surface area (Å²) in [6.45, 7) is 14.8. The molecule has 3 heteroatoms. The Bertz CT molecular complexity index is 293. The van der Waals surface area contributed by atoms with Crippen molar-refractivity contribution in [2.45, 2.75) is 78.7 Å². The molecular weight excluding hydrogens is 248 g/mol. The third-order valence-corrected chi connectivity index (χ3v) is 4.06. The average Bonchev–Trinajstić information content (AvgIpc) is 2.45. The SMILES string of the molecule is C=NN(CC(O)(CC)CC)/C(=C\C)CCCCC(C)C. The summed E-state index contributed by atoms with van der Waals surface area (Å²) in [4.78, 5) is 0. The van der Waals surface area contributed by atoms with E-state index in [-0.39, 0.29) is 0 Å². The molecule has 0 saturated heterocycles. The maximum atomic E-state index is 10.5. The van der Waals surface area contributed by atoms with E-state index in [2.05, 4.69) is 31.7 Å². The molecule has 0 aromatic heterocycles. The van der Waals surface area contributed by atoms with Gasteiger partial charge in [-0.05, 0) is 38.5 Å². The molecule has 0 radical (unpaired) electrons. The van der Waals surface area contributed by atoms with Crippen molar-refractivity contribution in [2.24, 2.45) is 11.0 Å². The van der Waals surface area contributed by atoms with E-state index in [1.54, 1.807) is 0 Å². The summed E-state index contributed by atoms with van der Waals surface area (Å²) in [5.74, 6) is 0.767. The number of hydrazone groups is 1. The molecule has 0 heterocycles. The van der Waals surface area contributed by atoms with E-state index in [1.807, 2.05) is 25.8 Å². The van der Waals surface area contributed by atoms with Gasteiger partial charge in [-0.25, -0.2) is 0 Å². The summed E-state index contributed by atoms with van der Waals surface area (Å²) in [5, 5.41) is 16.4. The summed E-state index contributed by atoms with van der Waals surface area (Å²) in [7, 11) is 0. The smallest absolute Gasteiger partial charge is 0.0837 e. The van der Waals surface area contributed by atoms with Gasteiger partial charge in [0.1, 0.15) is 0 Å². The van der Waals surface area contributed by atoms with Crippen molar-refractivity contribution in [1.29, 1.82) is 0 Å². The first-order valence-corrected chi connectivity index (χ1v) is 8.04. The zero-order valence-electron chi connectivity index (χ0n) is 14.2. The van der Waals surface area contributed by atoms with Gasteiger partial charge in [0.05, 0.1) is 12.1 Å². The molecule has 0 rings (SSSR count). The molecular formula is C17H34N2O. The molecule has 0 aromatic rings. The number of nitrogens with zero attached hydrogens (tertiary/aromatic N) is 2. The van der Waals surface area contributed by atoms with Gasteiger partial charge < -0.3 is 5.11 Å². The van der Waals surface area contributed by atoms with Gasteiger partial charge in [-0.3, -0.25) is 5.01 Å². The van der Waals surface area contributed by atoms with Crippen LogP contribution in [0.25, 0.3) is 0 Å². The highest BCUT2D eigenvalue weighted by molar-refractivity contribution is 5.23. The molecule has 0 amide bonds. The Hall–Kier alpha value is -0.830. The predicted molar refractivity (Wildman–Crippen MR) is 88.8 cm³/mol. The van der Waals surface area contributed by atoms with Gasteiger partial charge in [-0.2, -0.15) is 5.10 Å². The standard InChI is InChI=1S/C17H34N2O/c1-7-16(13-11-10-12-15(4)5)19(18-6)14-17(20,8-2)9-3/h7,15,20H,6,8-14H2,1-5H3/b16-7-. The van der Waals surface area contributed by atoms with Crippen LogP contribution in [0.4, 0.5) is 0 Å². The van der Waals surface area contributed by atoms with E-state index in [9.17, 15) is 5.11 Å². The number of rotatable bonds is 11. The maximum absolute atomic E-state index is 10.5. The Kier molecular flexibility index (Phi) is 9.56. The van der Waals surface area contributed by atoms with E-state index >= 15 is 0 Å². The number of hydrogen-bond donors (Lipinski definition) is 1. The lowest BCUT2D eigenvalue weighted by Crippen LogP contribution is -2.39. The summed E-state index contributed by atoms with van der Waals surface area (Å²) < 4.78 is 0. The van der Waals surface area contributed by atoms with Crippen LogP contribution in [0.15, 0.2) is 16.9 Å². The van der Waals surface area contributed by atoms with Crippen molar-refractivity contribution < 1.29 is 5.11 Å².